The van der Waals surface area contributed by atoms with Crippen LogP contribution in [0.15, 0.2) is 54.6 Å². The highest BCUT2D eigenvalue weighted by Gasteiger charge is 2.56. The lowest BCUT2D eigenvalue weighted by atomic mass is 9.45. The van der Waals surface area contributed by atoms with E-state index in [1.807, 2.05) is 36.4 Å². The van der Waals surface area contributed by atoms with Gasteiger partial charge in [0, 0.05) is 24.0 Å². The molecule has 194 valence electrons. The lowest BCUT2D eigenvalue weighted by Gasteiger charge is -2.59. The minimum atomic E-state index is -0.236. The second-order valence-corrected chi connectivity index (χ2v) is 11.8. The molecule has 4 aliphatic rings. The minimum Gasteiger partial charge on any atom is -0.508 e. The summed E-state index contributed by atoms with van der Waals surface area (Å²) in [6.45, 7) is 2.28. The number of carbonyl (C=O) groups is 1. The lowest BCUT2D eigenvalue weighted by molar-refractivity contribution is -0.130. The highest BCUT2D eigenvalue weighted by atomic mass is 16.3. The van der Waals surface area contributed by atoms with Crippen LogP contribution in [0.1, 0.15) is 62.0 Å². The summed E-state index contributed by atoms with van der Waals surface area (Å²) in [5, 5.41) is 17.7. The number of phenolic OH excluding ortho intramolecular Hbond substituents is 1. The molecule has 1 atom stereocenters. The second-order valence-electron chi connectivity index (χ2n) is 11.8. The zero-order chi connectivity index (χ0) is 25.4. The number of para-hydroxylation sites is 1. The number of phenols is 1. The van der Waals surface area contributed by atoms with Crippen molar-refractivity contribution >= 4 is 22.6 Å². The Labute approximate surface area is 219 Å². The number of benzene rings is 2. The highest BCUT2D eigenvalue weighted by molar-refractivity contribution is 5.92. The summed E-state index contributed by atoms with van der Waals surface area (Å²) < 4.78 is 0. The number of nitrogens with zero attached hydrogens (tertiary/aromatic N) is 1. The van der Waals surface area contributed by atoms with E-state index < -0.39 is 0 Å². The number of pyridine rings is 1. The van der Waals surface area contributed by atoms with Gasteiger partial charge in [-0.1, -0.05) is 30.3 Å². The number of fused-ring (bicyclic) bond motifs is 1. The Bertz CT molecular complexity index is 1250. The average Bonchev–Trinajstić information content (AvgIpc) is 2.86. The van der Waals surface area contributed by atoms with E-state index in [1.165, 1.54) is 19.3 Å². The maximum absolute atomic E-state index is 13.0. The van der Waals surface area contributed by atoms with Gasteiger partial charge in [-0.05, 0) is 104 Å². The van der Waals surface area contributed by atoms with Crippen molar-refractivity contribution < 1.29 is 9.90 Å². The van der Waals surface area contributed by atoms with E-state index in [0.29, 0.717) is 12.3 Å². The smallest absolute Gasteiger partial charge is 0.225 e. The molecule has 6 nitrogen and oxygen atoms in total. The van der Waals surface area contributed by atoms with E-state index in [1.54, 1.807) is 6.07 Å². The van der Waals surface area contributed by atoms with Gasteiger partial charge in [-0.25, -0.2) is 4.98 Å². The molecule has 5 N–H and O–H groups in total. The van der Waals surface area contributed by atoms with Crippen molar-refractivity contribution in [3.63, 3.8) is 0 Å². The third-order valence-electron chi connectivity index (χ3n) is 9.20. The van der Waals surface area contributed by atoms with Crippen LogP contribution in [0.4, 0.5) is 5.82 Å². The largest absolute Gasteiger partial charge is 0.508 e. The van der Waals surface area contributed by atoms with E-state index in [-0.39, 0.29) is 17.2 Å². The molecule has 4 fully saturated rings. The van der Waals surface area contributed by atoms with Crippen LogP contribution in [-0.4, -0.2) is 29.1 Å². The normalized spacial score (nSPS) is 26.9. The summed E-state index contributed by atoms with van der Waals surface area (Å²) in [4.78, 5) is 17.9. The molecule has 0 radical (unpaired) electrons. The zero-order valence-electron chi connectivity index (χ0n) is 21.5. The Kier molecular flexibility index (Phi) is 6.53. The van der Waals surface area contributed by atoms with Crippen LogP contribution in [0.5, 0.6) is 5.75 Å². The quantitative estimate of drug-likeness (QED) is 0.284. The Hall–Kier alpha value is -3.12. The molecule has 1 heterocycles. The molecule has 7 rings (SSSR count). The maximum Gasteiger partial charge on any atom is 0.225 e. The Balaban J connectivity index is 1.13. The van der Waals surface area contributed by atoms with Gasteiger partial charge in [0.25, 0.3) is 0 Å². The maximum atomic E-state index is 13.0. The van der Waals surface area contributed by atoms with Gasteiger partial charge in [0.1, 0.15) is 11.6 Å². The van der Waals surface area contributed by atoms with Crippen molar-refractivity contribution in [1.82, 2.24) is 10.3 Å². The minimum absolute atomic E-state index is 0.0231. The van der Waals surface area contributed by atoms with Crippen molar-refractivity contribution in [1.29, 1.82) is 0 Å². The first-order valence-electron chi connectivity index (χ1n) is 13.9. The van der Waals surface area contributed by atoms with Crippen molar-refractivity contribution in [2.75, 3.05) is 18.4 Å². The Morgan fingerprint density at radius 1 is 0.973 bits per heavy atom. The number of aromatic hydroxyl groups is 1. The molecule has 1 aromatic heterocycles. The van der Waals surface area contributed by atoms with Crippen LogP contribution in [0.2, 0.25) is 0 Å². The molecular formula is C31H38N4O2. The monoisotopic (exact) mass is 498 g/mol. The number of rotatable bonds is 10. The third kappa shape index (κ3) is 4.79. The topological polar surface area (TPSA) is 100 Å². The van der Waals surface area contributed by atoms with Gasteiger partial charge >= 0.3 is 0 Å². The summed E-state index contributed by atoms with van der Waals surface area (Å²) in [5.41, 5.74) is 9.08. The zero-order valence-corrected chi connectivity index (χ0v) is 21.5. The number of primary amides is 1. The number of anilines is 1. The number of aromatic nitrogens is 1. The number of carbonyl (C=O) groups excluding carboxylic acids is 1. The Morgan fingerprint density at radius 2 is 1.70 bits per heavy atom. The van der Waals surface area contributed by atoms with Gasteiger partial charge in [0.05, 0.1) is 11.4 Å². The summed E-state index contributed by atoms with van der Waals surface area (Å²) in [7, 11) is 0. The molecule has 1 unspecified atom stereocenters. The van der Waals surface area contributed by atoms with Crippen molar-refractivity contribution in [3.8, 4) is 5.75 Å². The molecule has 0 aliphatic heterocycles. The van der Waals surface area contributed by atoms with Crippen LogP contribution < -0.4 is 16.4 Å². The van der Waals surface area contributed by atoms with Gasteiger partial charge in [-0.15, -0.1) is 0 Å². The second kappa shape index (κ2) is 9.97. The molecule has 4 bridgehead atoms. The van der Waals surface area contributed by atoms with E-state index in [2.05, 4.69) is 22.8 Å². The van der Waals surface area contributed by atoms with Gasteiger partial charge in [-0.3, -0.25) is 4.79 Å². The van der Waals surface area contributed by atoms with Gasteiger partial charge in [0.15, 0.2) is 0 Å². The molecule has 0 spiro atoms. The molecular weight excluding hydrogens is 460 g/mol. The summed E-state index contributed by atoms with van der Waals surface area (Å²) in [6, 6.07) is 17.7. The summed E-state index contributed by atoms with van der Waals surface area (Å²) in [5.74, 6) is 3.07. The van der Waals surface area contributed by atoms with Crippen molar-refractivity contribution in [3.05, 3.63) is 65.7 Å². The number of hydrogen-bond donors (Lipinski definition) is 4. The molecule has 4 aliphatic carbocycles. The van der Waals surface area contributed by atoms with Crippen LogP contribution in [0.3, 0.4) is 0 Å². The lowest BCUT2D eigenvalue weighted by Crippen LogP contribution is -2.51. The van der Waals surface area contributed by atoms with Crippen molar-refractivity contribution in [2.45, 2.75) is 57.4 Å². The molecule has 1 amide bonds. The fourth-order valence-corrected chi connectivity index (χ4v) is 8.16. The molecule has 6 heteroatoms. The van der Waals surface area contributed by atoms with Gasteiger partial charge in [0.2, 0.25) is 5.91 Å². The first-order valence-corrected chi connectivity index (χ1v) is 13.9. The predicted octanol–water partition coefficient (Wildman–Crippen LogP) is 5.32. The molecule has 37 heavy (non-hydrogen) atoms. The third-order valence-corrected chi connectivity index (χ3v) is 9.20. The summed E-state index contributed by atoms with van der Waals surface area (Å²) >= 11 is 0. The molecule has 0 saturated heterocycles. The molecule has 2 aromatic carbocycles. The van der Waals surface area contributed by atoms with Gasteiger partial charge < -0.3 is 21.5 Å². The number of nitrogens with one attached hydrogen (secondary N) is 2. The van der Waals surface area contributed by atoms with Crippen LogP contribution in [-0.2, 0) is 11.3 Å². The predicted molar refractivity (Wildman–Crippen MR) is 147 cm³/mol. The summed E-state index contributed by atoms with van der Waals surface area (Å²) in [6.07, 6.45) is 8.42. The van der Waals surface area contributed by atoms with Crippen LogP contribution >= 0.6 is 0 Å². The fourth-order valence-electron chi connectivity index (χ4n) is 8.16. The molecule has 3 aromatic rings. The van der Waals surface area contributed by atoms with Crippen LogP contribution in [0, 0.1) is 23.2 Å². The average molecular weight is 499 g/mol. The van der Waals surface area contributed by atoms with E-state index in [9.17, 15) is 9.90 Å². The fraction of sp³-hybridized carbons (Fsp3) is 0.484. The number of amides is 1. The first-order chi connectivity index (χ1) is 18.0. The van der Waals surface area contributed by atoms with E-state index in [4.69, 9.17) is 10.7 Å². The Morgan fingerprint density at radius 3 is 2.41 bits per heavy atom. The highest BCUT2D eigenvalue weighted by Crippen LogP contribution is 2.64. The molecule has 4 saturated carbocycles. The standard InChI is InChI=1S/C31H38N4O2/c32-30(37)29(31-16-20-13-21(17-31)15-22(14-20)18-31)25-6-3-7-26-24(25)9-10-28(35-26)34-12-4-11-33-19-23-5-1-2-8-27(23)36/h1-3,5-10,20-22,29,33,36H,4,11-19H2,(H2,32,37)(H,34,35). The van der Waals surface area contributed by atoms with E-state index >= 15 is 0 Å². The number of hydrogen-bond acceptors (Lipinski definition) is 5. The first kappa shape index (κ1) is 24.2. The number of nitrogens with two attached hydrogens (primary N) is 1. The van der Waals surface area contributed by atoms with E-state index in [0.717, 1.165) is 84.4 Å². The van der Waals surface area contributed by atoms with Gasteiger partial charge in [-0.2, -0.15) is 0 Å². The SMILES string of the molecule is NC(=O)C(c1cccc2nc(NCCCNCc3ccccc3O)ccc12)C12CC3CC(CC(C3)C1)C2. The van der Waals surface area contributed by atoms with Crippen molar-refractivity contribution in [2.24, 2.45) is 28.9 Å². The van der Waals surface area contributed by atoms with Crippen LogP contribution in [0.25, 0.3) is 10.9 Å².